The second kappa shape index (κ2) is 9.39. The number of likely N-dealkylation sites (tertiary alicyclic amines) is 1. The van der Waals surface area contributed by atoms with Gasteiger partial charge in [0.2, 0.25) is 0 Å². The molecule has 0 saturated carbocycles. The molecule has 0 unspecified atom stereocenters. The van der Waals surface area contributed by atoms with E-state index in [1.807, 2.05) is 23.1 Å². The zero-order valence-electron chi connectivity index (χ0n) is 17.3. The maximum Gasteiger partial charge on any atom is 0.416 e. The van der Waals surface area contributed by atoms with E-state index < -0.39 is 11.7 Å². The maximum atomic E-state index is 13.0. The largest absolute Gasteiger partial charge is 0.416 e. The summed E-state index contributed by atoms with van der Waals surface area (Å²) in [6.45, 7) is 7.63. The average molecular weight is 422 g/mol. The average Bonchev–Trinajstić information content (AvgIpc) is 3.27. The molecule has 5 nitrogen and oxygen atoms in total. The molecule has 0 amide bonds. The van der Waals surface area contributed by atoms with Crippen LogP contribution in [0.1, 0.15) is 24.8 Å². The second-order valence-corrected chi connectivity index (χ2v) is 8.29. The Bertz CT molecular complexity index is 784. The number of aryl methyl sites for hydroxylation is 1. The van der Waals surface area contributed by atoms with Crippen molar-refractivity contribution in [1.82, 2.24) is 19.6 Å². The van der Waals surface area contributed by atoms with E-state index in [9.17, 15) is 13.2 Å². The monoisotopic (exact) mass is 421 g/mol. The molecule has 1 aromatic heterocycles. The topological polar surface area (TPSA) is 27.5 Å². The van der Waals surface area contributed by atoms with E-state index in [-0.39, 0.29) is 0 Å². The van der Waals surface area contributed by atoms with Gasteiger partial charge in [-0.2, -0.15) is 18.3 Å². The molecule has 164 valence electrons. The summed E-state index contributed by atoms with van der Waals surface area (Å²) in [4.78, 5) is 7.16. The highest BCUT2D eigenvalue weighted by Gasteiger charge is 2.32. The number of hydrogen-bond donors (Lipinski definition) is 0. The molecule has 0 spiro atoms. The highest BCUT2D eigenvalue weighted by molar-refractivity contribution is 5.49. The molecular formula is C22H30F3N5. The number of piperidine rings is 1. The fraction of sp³-hybridized carbons (Fsp3) is 0.591. The normalized spacial score (nSPS) is 21.8. The highest BCUT2D eigenvalue weighted by atomic mass is 19.4. The van der Waals surface area contributed by atoms with Crippen LogP contribution in [0.25, 0.3) is 0 Å². The number of hydrogen-bond acceptors (Lipinski definition) is 4. The van der Waals surface area contributed by atoms with Gasteiger partial charge in [-0.1, -0.05) is 6.07 Å². The van der Waals surface area contributed by atoms with Crippen molar-refractivity contribution in [3.63, 3.8) is 0 Å². The molecule has 1 atom stereocenters. The van der Waals surface area contributed by atoms with Gasteiger partial charge in [0.1, 0.15) is 0 Å². The van der Waals surface area contributed by atoms with E-state index in [1.165, 1.54) is 25.0 Å². The third-order valence-corrected chi connectivity index (χ3v) is 6.27. The summed E-state index contributed by atoms with van der Waals surface area (Å²) in [5.41, 5.74) is 0.105. The molecule has 8 heteroatoms. The van der Waals surface area contributed by atoms with Crippen LogP contribution in [0.5, 0.6) is 0 Å². The quantitative estimate of drug-likeness (QED) is 0.713. The van der Waals surface area contributed by atoms with Crippen molar-refractivity contribution < 1.29 is 13.2 Å². The molecule has 2 fully saturated rings. The molecule has 2 aromatic rings. The predicted molar refractivity (Wildman–Crippen MR) is 112 cm³/mol. The Morgan fingerprint density at radius 2 is 1.83 bits per heavy atom. The van der Waals surface area contributed by atoms with Crippen molar-refractivity contribution >= 4 is 5.69 Å². The summed E-state index contributed by atoms with van der Waals surface area (Å²) in [5.74, 6) is 0. The molecule has 2 saturated heterocycles. The van der Waals surface area contributed by atoms with Crippen LogP contribution in [-0.2, 0) is 12.7 Å². The zero-order valence-corrected chi connectivity index (χ0v) is 17.3. The Kier molecular flexibility index (Phi) is 6.63. The van der Waals surface area contributed by atoms with E-state index in [1.54, 1.807) is 6.07 Å². The van der Waals surface area contributed by atoms with Gasteiger partial charge in [-0.15, -0.1) is 0 Å². The van der Waals surface area contributed by atoms with Gasteiger partial charge in [0.15, 0.2) is 0 Å². The fourth-order valence-electron chi connectivity index (χ4n) is 4.65. The van der Waals surface area contributed by atoms with Crippen LogP contribution in [0.2, 0.25) is 0 Å². The standard InChI is InChI=1S/C22H30F3N5/c23-22(24,25)19-5-1-6-20(17-19)28-13-15-29(16-14-28)21-7-2-9-27(18-21)10-4-12-30-11-3-8-26-30/h1,3,5-6,8,11,17,21H,2,4,7,9-10,12-16,18H2/t21-/m0/s1. The molecule has 1 aromatic carbocycles. The number of anilines is 1. The van der Waals surface area contributed by atoms with Gasteiger partial charge in [-0.3, -0.25) is 9.58 Å². The van der Waals surface area contributed by atoms with Crippen LogP contribution >= 0.6 is 0 Å². The molecule has 0 radical (unpaired) electrons. The van der Waals surface area contributed by atoms with E-state index >= 15 is 0 Å². The van der Waals surface area contributed by atoms with Crippen molar-refractivity contribution in [2.75, 3.05) is 50.7 Å². The van der Waals surface area contributed by atoms with Crippen molar-refractivity contribution in [3.8, 4) is 0 Å². The minimum Gasteiger partial charge on any atom is -0.369 e. The lowest BCUT2D eigenvalue weighted by atomic mass is 10.0. The lowest BCUT2D eigenvalue weighted by Crippen LogP contribution is -2.55. The van der Waals surface area contributed by atoms with E-state index in [2.05, 4.69) is 19.8 Å². The number of nitrogens with zero attached hydrogens (tertiary/aromatic N) is 5. The van der Waals surface area contributed by atoms with E-state index in [0.29, 0.717) is 11.7 Å². The molecule has 30 heavy (non-hydrogen) atoms. The molecule has 2 aliphatic rings. The van der Waals surface area contributed by atoms with Gasteiger partial charge in [0, 0.05) is 63.4 Å². The van der Waals surface area contributed by atoms with Crippen LogP contribution in [0.15, 0.2) is 42.7 Å². The summed E-state index contributed by atoms with van der Waals surface area (Å²) < 4.78 is 41.0. The van der Waals surface area contributed by atoms with Crippen molar-refractivity contribution in [2.45, 2.75) is 38.0 Å². The van der Waals surface area contributed by atoms with Gasteiger partial charge < -0.3 is 9.80 Å². The smallest absolute Gasteiger partial charge is 0.369 e. The van der Waals surface area contributed by atoms with E-state index in [4.69, 9.17) is 0 Å². The van der Waals surface area contributed by atoms with Crippen LogP contribution < -0.4 is 4.90 Å². The summed E-state index contributed by atoms with van der Waals surface area (Å²) in [5, 5.41) is 4.26. The third kappa shape index (κ3) is 5.35. The van der Waals surface area contributed by atoms with Gasteiger partial charge in [-0.25, -0.2) is 0 Å². The first-order chi connectivity index (χ1) is 14.5. The summed E-state index contributed by atoms with van der Waals surface area (Å²) >= 11 is 0. The SMILES string of the molecule is FC(F)(F)c1cccc(N2CCN([C@H]3CCCN(CCCn4cccn4)C3)CC2)c1. The Balaban J connectivity index is 1.25. The number of benzene rings is 1. The highest BCUT2D eigenvalue weighted by Crippen LogP contribution is 2.32. The maximum absolute atomic E-state index is 13.0. The molecule has 0 aliphatic carbocycles. The first-order valence-corrected chi connectivity index (χ1v) is 10.8. The number of rotatable bonds is 6. The number of piperazine rings is 1. The molecule has 0 bridgehead atoms. The Labute approximate surface area is 176 Å². The van der Waals surface area contributed by atoms with Crippen LogP contribution in [0.3, 0.4) is 0 Å². The third-order valence-electron chi connectivity index (χ3n) is 6.27. The Morgan fingerprint density at radius 1 is 1.00 bits per heavy atom. The fourth-order valence-corrected chi connectivity index (χ4v) is 4.65. The van der Waals surface area contributed by atoms with Crippen LogP contribution in [0.4, 0.5) is 18.9 Å². The first-order valence-electron chi connectivity index (χ1n) is 10.8. The minimum atomic E-state index is -4.29. The summed E-state index contributed by atoms with van der Waals surface area (Å²) in [7, 11) is 0. The molecule has 2 aliphatic heterocycles. The number of halogens is 3. The molecule has 0 N–H and O–H groups in total. The molecular weight excluding hydrogens is 391 g/mol. The lowest BCUT2D eigenvalue weighted by Gasteiger charge is -2.44. The summed E-state index contributed by atoms with van der Waals surface area (Å²) in [6, 6.07) is 8.21. The first kappa shape index (κ1) is 21.2. The second-order valence-electron chi connectivity index (χ2n) is 8.29. The van der Waals surface area contributed by atoms with E-state index in [0.717, 1.165) is 64.8 Å². The van der Waals surface area contributed by atoms with Gasteiger partial charge in [-0.05, 0) is 56.6 Å². The molecule has 4 rings (SSSR count). The summed E-state index contributed by atoms with van der Waals surface area (Å²) in [6.07, 6.45) is 3.04. The zero-order chi connectivity index (χ0) is 21.0. The Morgan fingerprint density at radius 3 is 2.57 bits per heavy atom. The predicted octanol–water partition coefficient (Wildman–Crippen LogP) is 3.58. The van der Waals surface area contributed by atoms with Crippen molar-refractivity contribution in [1.29, 1.82) is 0 Å². The van der Waals surface area contributed by atoms with Crippen molar-refractivity contribution in [3.05, 3.63) is 48.3 Å². The number of alkyl halides is 3. The van der Waals surface area contributed by atoms with Gasteiger partial charge >= 0.3 is 6.18 Å². The van der Waals surface area contributed by atoms with Gasteiger partial charge in [0.25, 0.3) is 0 Å². The van der Waals surface area contributed by atoms with Crippen LogP contribution in [-0.4, -0.2) is 71.4 Å². The molecule has 3 heterocycles. The Hall–Kier alpha value is -2.06. The minimum absolute atomic E-state index is 0.548. The van der Waals surface area contributed by atoms with Crippen molar-refractivity contribution in [2.24, 2.45) is 0 Å². The van der Waals surface area contributed by atoms with Gasteiger partial charge in [0.05, 0.1) is 5.56 Å². The number of aromatic nitrogens is 2. The lowest BCUT2D eigenvalue weighted by molar-refractivity contribution is -0.137. The van der Waals surface area contributed by atoms with Crippen LogP contribution in [0, 0.1) is 0 Å².